The number of hydrogen-bond donors (Lipinski definition) is 0. The van der Waals surface area contributed by atoms with Gasteiger partial charge in [0, 0.05) is 0 Å². The van der Waals surface area contributed by atoms with Crippen LogP contribution in [0.15, 0.2) is 78.9 Å². The third-order valence-corrected chi connectivity index (χ3v) is 6.14. The number of anilines is 1. The van der Waals surface area contributed by atoms with Gasteiger partial charge in [0.25, 0.3) is 17.6 Å². The van der Waals surface area contributed by atoms with E-state index in [1.807, 2.05) is 73.3 Å². The highest BCUT2D eigenvalue weighted by Gasteiger charge is 2.61. The molecule has 0 aromatic heterocycles. The molecule has 3 aromatic carbocycles. The number of hydrogen-bond acceptors (Lipinski definition) is 7. The third kappa shape index (κ3) is 5.19. The summed E-state index contributed by atoms with van der Waals surface area (Å²) in [6.45, 7) is 0. The monoisotopic (exact) mass is 525 g/mol. The van der Waals surface area contributed by atoms with Gasteiger partial charge in [0.2, 0.25) is 0 Å². The van der Waals surface area contributed by atoms with Crippen molar-refractivity contribution in [2.45, 2.75) is 12.1 Å². The van der Waals surface area contributed by atoms with Gasteiger partial charge in [0.15, 0.2) is 12.1 Å². The first-order valence-corrected chi connectivity index (χ1v) is 12.4. The molecule has 1 fully saturated rings. The van der Waals surface area contributed by atoms with Gasteiger partial charge in [0.05, 0.1) is 32.3 Å². The second-order valence-electron chi connectivity index (χ2n) is 8.52. The first-order chi connectivity index (χ1) is 17.5. The molecule has 10 nitrogen and oxygen atoms in total. The van der Waals surface area contributed by atoms with E-state index in [0.29, 0.717) is 11.1 Å². The van der Waals surface area contributed by atoms with E-state index < -0.39 is 16.3 Å². The lowest BCUT2D eigenvalue weighted by atomic mass is 9.85. The van der Waals surface area contributed by atoms with Gasteiger partial charge in [0.1, 0.15) is 11.4 Å². The predicted molar refractivity (Wildman–Crippen MR) is 123 cm³/mol. The Morgan fingerprint density at radius 2 is 1.22 bits per heavy atom. The molecule has 2 aliphatic heterocycles. The Labute approximate surface area is 215 Å². The van der Waals surface area contributed by atoms with Gasteiger partial charge in [-0.05, 0) is 42.0 Å². The van der Waals surface area contributed by atoms with Crippen molar-refractivity contribution in [3.63, 3.8) is 0 Å². The van der Waals surface area contributed by atoms with Crippen LogP contribution >= 0.6 is 0 Å². The molecule has 2 aliphatic rings. The van der Waals surface area contributed by atoms with Crippen LogP contribution in [0.4, 0.5) is 5.69 Å². The molecule has 0 bridgehead atoms. The Bertz CT molecular complexity index is 1300. The van der Waals surface area contributed by atoms with Crippen LogP contribution in [0.1, 0.15) is 32.3 Å². The van der Waals surface area contributed by atoms with Crippen molar-refractivity contribution in [3.8, 4) is 5.75 Å². The molecule has 11 heteroatoms. The number of amides is 2. The number of benzene rings is 3. The summed E-state index contributed by atoms with van der Waals surface area (Å²) in [6, 6.07) is 24.3. The lowest BCUT2D eigenvalue weighted by Crippen LogP contribution is -2.69. The minimum Gasteiger partial charge on any atom is -0.497 e. The molecular formula is C26H24ClN3O7. The van der Waals surface area contributed by atoms with E-state index in [2.05, 4.69) is 4.90 Å². The second-order valence-corrected chi connectivity index (χ2v) is 9.28. The average molecular weight is 526 g/mol. The number of nitrogens with zero attached hydrogens (tertiary/aromatic N) is 3. The van der Waals surface area contributed by atoms with Gasteiger partial charge < -0.3 is 4.74 Å². The smallest absolute Gasteiger partial charge is 0.280 e. The van der Waals surface area contributed by atoms with Gasteiger partial charge in [-0.15, -0.1) is 10.2 Å². The van der Waals surface area contributed by atoms with E-state index in [-0.39, 0.29) is 17.9 Å². The number of ether oxygens (including phenoxy) is 1. The van der Waals surface area contributed by atoms with Crippen molar-refractivity contribution in [2.24, 2.45) is 0 Å². The Balaban J connectivity index is 0.000000586. The Morgan fingerprint density at radius 1 is 0.730 bits per heavy atom. The Kier molecular flexibility index (Phi) is 7.30. The summed E-state index contributed by atoms with van der Waals surface area (Å²) in [5.74, 6) is 1.17. The van der Waals surface area contributed by atoms with Crippen LogP contribution in [-0.2, 0) is 0 Å². The van der Waals surface area contributed by atoms with Crippen LogP contribution in [0, 0.1) is 10.2 Å². The second kappa shape index (κ2) is 10.3. The van der Waals surface area contributed by atoms with E-state index in [1.54, 1.807) is 31.4 Å². The molecule has 192 valence electrons. The van der Waals surface area contributed by atoms with Crippen LogP contribution in [0.25, 0.3) is 0 Å². The number of methoxy groups -OCH3 is 1. The molecular weight excluding hydrogens is 502 g/mol. The molecule has 1 saturated heterocycles. The number of fused-ring (bicyclic) bond motifs is 1. The molecule has 2 amide bonds. The molecule has 0 unspecified atom stereocenters. The maximum atomic E-state index is 13.4. The first kappa shape index (κ1) is 26.3. The van der Waals surface area contributed by atoms with Gasteiger partial charge in [-0.2, -0.15) is 0 Å². The minimum absolute atomic E-state index is 0.204. The van der Waals surface area contributed by atoms with Gasteiger partial charge >= 0.3 is 0 Å². The molecule has 0 spiro atoms. The predicted octanol–water partition coefficient (Wildman–Crippen LogP) is -1.16. The van der Waals surface area contributed by atoms with Crippen molar-refractivity contribution in [1.29, 1.82) is 0 Å². The summed E-state index contributed by atoms with van der Waals surface area (Å²) in [7, 11) is 0.581. The quantitative estimate of drug-likeness (QED) is 0.306. The van der Waals surface area contributed by atoms with Crippen LogP contribution in [0.5, 0.6) is 5.75 Å². The highest BCUT2D eigenvalue weighted by Crippen LogP contribution is 2.44. The maximum absolute atomic E-state index is 13.4. The number of rotatable bonds is 4. The van der Waals surface area contributed by atoms with Crippen LogP contribution < -0.4 is 28.3 Å². The number of carbonyl (C=O) groups is 2. The molecule has 2 atom stereocenters. The van der Waals surface area contributed by atoms with Gasteiger partial charge in [-0.1, -0.05) is 42.5 Å². The third-order valence-electron chi connectivity index (χ3n) is 6.14. The Morgan fingerprint density at radius 3 is 1.68 bits per heavy atom. The van der Waals surface area contributed by atoms with E-state index >= 15 is 0 Å². The zero-order valence-corrected chi connectivity index (χ0v) is 21.0. The van der Waals surface area contributed by atoms with Crippen molar-refractivity contribution < 1.29 is 47.8 Å². The standard InChI is InChI=1S/C26H24N3O3.ClHO4/c1-27(2)24-23(29-25(30)20-11-7-8-12-21(20)26(29)31)22(17-9-5-4-6-10-17)28(24)18-13-15-19(32-3)16-14-18;2-1(3,4)5/h4-16,22-23H,1-3H3;(H,2,3,4,5)/q+1;/p-1/t22-,23+;/m1./s1. The molecule has 3 aromatic rings. The summed E-state index contributed by atoms with van der Waals surface area (Å²) in [6.07, 6.45) is 0. The average Bonchev–Trinajstić information content (AvgIpc) is 3.09. The van der Waals surface area contributed by atoms with Crippen molar-refractivity contribution in [3.05, 3.63) is 95.6 Å². The zero-order chi connectivity index (χ0) is 26.9. The molecule has 2 heterocycles. The maximum Gasteiger partial charge on any atom is 0.280 e. The summed E-state index contributed by atoms with van der Waals surface area (Å²) in [5, 5.41) is 0. The van der Waals surface area contributed by atoms with E-state index in [4.69, 9.17) is 23.4 Å². The molecule has 0 saturated carbocycles. The lowest BCUT2D eigenvalue weighted by Gasteiger charge is -2.46. The topological polar surface area (TPSA) is 145 Å². The number of imide groups is 1. The van der Waals surface area contributed by atoms with Crippen molar-refractivity contribution in [1.82, 2.24) is 4.90 Å². The number of carbonyl (C=O) groups excluding carboxylic acids is 2. The van der Waals surface area contributed by atoms with Crippen LogP contribution in [-0.4, -0.2) is 54.4 Å². The highest BCUT2D eigenvalue weighted by atomic mass is 35.7. The van der Waals surface area contributed by atoms with E-state index in [9.17, 15) is 9.59 Å². The lowest BCUT2D eigenvalue weighted by molar-refractivity contribution is -2.00. The summed E-state index contributed by atoms with van der Waals surface area (Å²) in [5.41, 5.74) is 2.93. The fourth-order valence-corrected chi connectivity index (χ4v) is 4.70. The molecule has 0 radical (unpaired) electrons. The molecule has 37 heavy (non-hydrogen) atoms. The number of halogens is 1. The SMILES string of the molecule is COc1ccc(N2C(=[N+](C)C)[C@@H](N3C(=O)c4ccccc4C3=O)[C@H]2c2ccccc2)cc1.[O-][Cl+3]([O-])([O-])[O-]. The zero-order valence-electron chi connectivity index (χ0n) is 20.2. The summed E-state index contributed by atoms with van der Waals surface area (Å²) in [4.78, 5) is 30.3. The summed E-state index contributed by atoms with van der Waals surface area (Å²) >= 11 is 0. The molecule has 0 N–H and O–H groups in total. The fraction of sp³-hybridized carbons (Fsp3) is 0.192. The minimum atomic E-state index is -4.94. The van der Waals surface area contributed by atoms with E-state index in [0.717, 1.165) is 22.8 Å². The molecule has 5 rings (SSSR count). The molecule has 0 aliphatic carbocycles. The van der Waals surface area contributed by atoms with Gasteiger partial charge in [-0.3, -0.25) is 19.1 Å². The Hall–Kier alpha value is -3.80. The number of amidine groups is 1. The highest BCUT2D eigenvalue weighted by molar-refractivity contribution is 6.24. The van der Waals surface area contributed by atoms with Gasteiger partial charge in [-0.25, -0.2) is 23.5 Å². The fourth-order valence-electron chi connectivity index (χ4n) is 4.70. The van der Waals surface area contributed by atoms with Crippen molar-refractivity contribution >= 4 is 23.3 Å². The van der Waals surface area contributed by atoms with E-state index in [1.165, 1.54) is 4.90 Å². The first-order valence-electron chi connectivity index (χ1n) is 11.1. The van der Waals surface area contributed by atoms with Crippen LogP contribution in [0.2, 0.25) is 0 Å². The van der Waals surface area contributed by atoms with Crippen LogP contribution in [0.3, 0.4) is 0 Å². The normalized spacial score (nSPS) is 18.6. The largest absolute Gasteiger partial charge is 0.497 e. The summed E-state index contributed by atoms with van der Waals surface area (Å²) < 4.78 is 41.3. The van der Waals surface area contributed by atoms with Crippen molar-refractivity contribution in [2.75, 3.05) is 26.1 Å².